The van der Waals surface area contributed by atoms with Crippen molar-refractivity contribution >= 4 is 10.0 Å². The molecule has 3 atom stereocenters. The van der Waals surface area contributed by atoms with Crippen LogP contribution < -0.4 is 0 Å². The Balaban J connectivity index is 1.96. The quantitative estimate of drug-likeness (QED) is 0.769. The van der Waals surface area contributed by atoms with Gasteiger partial charge in [-0.25, -0.2) is 8.42 Å². The van der Waals surface area contributed by atoms with E-state index in [1.807, 2.05) is 49.4 Å². The number of aryl methyl sites for hydroxylation is 1. The number of hydrogen-bond acceptors (Lipinski definition) is 3. The van der Waals surface area contributed by atoms with Crippen molar-refractivity contribution in [3.8, 4) is 0 Å². The normalized spacial score (nSPS) is 22.4. The van der Waals surface area contributed by atoms with Crippen LogP contribution in [0.4, 0.5) is 0 Å². The number of rotatable bonds is 6. The van der Waals surface area contributed by atoms with Crippen LogP contribution in [0.2, 0.25) is 0 Å². The summed E-state index contributed by atoms with van der Waals surface area (Å²) < 4.78 is 34.4. The molecule has 0 spiro atoms. The van der Waals surface area contributed by atoms with Gasteiger partial charge in [0, 0.05) is 6.42 Å². The van der Waals surface area contributed by atoms with Gasteiger partial charge in [0.15, 0.2) is 0 Å². The fraction of sp³-hybridized carbons (Fsp3) is 0.429. The van der Waals surface area contributed by atoms with Crippen LogP contribution in [0.15, 0.2) is 59.5 Å². The fourth-order valence-corrected chi connectivity index (χ4v) is 5.18. The van der Waals surface area contributed by atoms with Crippen LogP contribution in [0.1, 0.15) is 31.4 Å². The van der Waals surface area contributed by atoms with E-state index < -0.39 is 16.3 Å². The Morgan fingerprint density at radius 2 is 1.77 bits per heavy atom. The summed E-state index contributed by atoms with van der Waals surface area (Å²) in [4.78, 5) is 0.333. The lowest BCUT2D eigenvalue weighted by Gasteiger charge is -2.30. The molecule has 4 nitrogen and oxygen atoms in total. The summed E-state index contributed by atoms with van der Waals surface area (Å²) in [7, 11) is -3.62. The molecule has 1 unspecified atom stereocenters. The van der Waals surface area contributed by atoms with Gasteiger partial charge in [-0.15, -0.1) is 0 Å². The molecule has 1 heterocycles. The highest BCUT2D eigenvalue weighted by Gasteiger charge is 2.44. The van der Waals surface area contributed by atoms with Crippen molar-refractivity contribution in [1.29, 1.82) is 0 Å². The molecule has 1 fully saturated rings. The summed E-state index contributed by atoms with van der Waals surface area (Å²) in [5.41, 5.74) is 2.12. The maximum absolute atomic E-state index is 13.4. The largest absolute Gasteiger partial charge is 0.360 e. The number of hydrogen-bond donors (Lipinski definition) is 0. The molecule has 0 saturated carbocycles. The smallest absolute Gasteiger partial charge is 0.245 e. The lowest BCUT2D eigenvalue weighted by atomic mass is 10.0. The third-order valence-corrected chi connectivity index (χ3v) is 7.15. The molecule has 2 aromatic carbocycles. The minimum absolute atomic E-state index is 0.139. The molecule has 3 rings (SSSR count). The van der Waals surface area contributed by atoms with E-state index in [-0.39, 0.29) is 12.0 Å². The number of nitrogens with zero attached hydrogens (tertiary/aromatic N) is 1. The number of sulfonamides is 1. The van der Waals surface area contributed by atoms with Gasteiger partial charge in [-0.1, -0.05) is 68.3 Å². The van der Waals surface area contributed by atoms with E-state index in [1.165, 1.54) is 0 Å². The Kier molecular flexibility index (Phi) is 5.80. The first-order chi connectivity index (χ1) is 12.4. The molecule has 1 aliphatic rings. The average molecular weight is 374 g/mol. The van der Waals surface area contributed by atoms with Crippen molar-refractivity contribution in [3.63, 3.8) is 0 Å². The first-order valence-corrected chi connectivity index (χ1v) is 10.6. The van der Waals surface area contributed by atoms with Crippen LogP contribution in [0.3, 0.4) is 0 Å². The third-order valence-electron chi connectivity index (χ3n) is 5.22. The molecule has 1 saturated heterocycles. The first kappa shape index (κ1) is 19.1. The van der Waals surface area contributed by atoms with Crippen LogP contribution in [-0.2, 0) is 21.2 Å². The van der Waals surface area contributed by atoms with E-state index >= 15 is 0 Å². The van der Waals surface area contributed by atoms with Crippen LogP contribution in [0.5, 0.6) is 0 Å². The van der Waals surface area contributed by atoms with Crippen LogP contribution >= 0.6 is 0 Å². The summed E-state index contributed by atoms with van der Waals surface area (Å²) in [6, 6.07) is 16.8. The number of benzene rings is 2. The molecule has 0 amide bonds. The van der Waals surface area contributed by atoms with E-state index in [9.17, 15) is 8.42 Å². The molecule has 26 heavy (non-hydrogen) atoms. The molecule has 5 heteroatoms. The summed E-state index contributed by atoms with van der Waals surface area (Å²) >= 11 is 0. The van der Waals surface area contributed by atoms with E-state index in [0.29, 0.717) is 17.9 Å². The van der Waals surface area contributed by atoms with Gasteiger partial charge >= 0.3 is 0 Å². The zero-order valence-corrected chi connectivity index (χ0v) is 16.4. The molecule has 2 aromatic rings. The molecular formula is C21H27NO3S. The fourth-order valence-electron chi connectivity index (χ4n) is 3.39. The maximum atomic E-state index is 13.4. The van der Waals surface area contributed by atoms with Crippen molar-refractivity contribution < 1.29 is 13.2 Å². The van der Waals surface area contributed by atoms with Gasteiger partial charge in [0.25, 0.3) is 0 Å². The first-order valence-electron chi connectivity index (χ1n) is 9.19. The Morgan fingerprint density at radius 1 is 1.12 bits per heavy atom. The van der Waals surface area contributed by atoms with Gasteiger partial charge in [-0.2, -0.15) is 4.31 Å². The highest BCUT2D eigenvalue weighted by Crippen LogP contribution is 2.33. The van der Waals surface area contributed by atoms with Crippen molar-refractivity contribution in [2.45, 2.75) is 50.8 Å². The summed E-state index contributed by atoms with van der Waals surface area (Å²) in [5, 5.41) is 0. The van der Waals surface area contributed by atoms with E-state index in [1.54, 1.807) is 16.4 Å². The van der Waals surface area contributed by atoms with Gasteiger partial charge in [-0.3, -0.25) is 0 Å². The van der Waals surface area contributed by atoms with Crippen LogP contribution in [-0.4, -0.2) is 31.6 Å². The minimum Gasteiger partial charge on any atom is -0.360 e. The summed E-state index contributed by atoms with van der Waals surface area (Å²) in [6.45, 7) is 6.58. The van der Waals surface area contributed by atoms with Gasteiger partial charge in [-0.05, 0) is 30.5 Å². The van der Waals surface area contributed by atoms with Gasteiger partial charge in [0.05, 0.1) is 17.5 Å². The molecule has 0 N–H and O–H groups in total. The lowest BCUT2D eigenvalue weighted by molar-refractivity contribution is 0.0687. The van der Waals surface area contributed by atoms with Crippen molar-refractivity contribution in [2.75, 3.05) is 6.61 Å². The van der Waals surface area contributed by atoms with Crippen molar-refractivity contribution in [3.05, 3.63) is 65.7 Å². The van der Waals surface area contributed by atoms with E-state index in [4.69, 9.17) is 4.74 Å². The lowest BCUT2D eigenvalue weighted by Crippen LogP contribution is -2.45. The van der Waals surface area contributed by atoms with Crippen LogP contribution in [0, 0.1) is 12.8 Å². The van der Waals surface area contributed by atoms with Crippen LogP contribution in [0.25, 0.3) is 0 Å². The predicted molar refractivity (Wildman–Crippen MR) is 103 cm³/mol. The second-order valence-corrected chi connectivity index (χ2v) is 8.92. The van der Waals surface area contributed by atoms with E-state index in [2.05, 4.69) is 13.8 Å². The van der Waals surface area contributed by atoms with Gasteiger partial charge < -0.3 is 4.74 Å². The third kappa shape index (κ3) is 3.85. The second-order valence-electron chi connectivity index (χ2n) is 7.08. The molecule has 0 radical (unpaired) electrons. The minimum atomic E-state index is -3.62. The highest BCUT2D eigenvalue weighted by molar-refractivity contribution is 7.89. The molecule has 0 aliphatic carbocycles. The van der Waals surface area contributed by atoms with Gasteiger partial charge in [0.2, 0.25) is 10.0 Å². The second kappa shape index (κ2) is 7.91. The van der Waals surface area contributed by atoms with Gasteiger partial charge in [0.1, 0.15) is 6.23 Å². The highest BCUT2D eigenvalue weighted by atomic mass is 32.2. The molecule has 140 valence electrons. The SMILES string of the molecule is CCC(C)[C@H]1CO[C@@H](Cc2ccccc2)N1S(=O)(=O)c1ccc(C)cc1. The topological polar surface area (TPSA) is 46.6 Å². The summed E-state index contributed by atoms with van der Waals surface area (Å²) in [5.74, 6) is 0.232. The Morgan fingerprint density at radius 3 is 2.38 bits per heavy atom. The Bertz CT molecular complexity index is 818. The average Bonchev–Trinajstić information content (AvgIpc) is 3.06. The summed E-state index contributed by atoms with van der Waals surface area (Å²) in [6.07, 6.45) is 0.993. The van der Waals surface area contributed by atoms with Crippen molar-refractivity contribution in [1.82, 2.24) is 4.31 Å². The number of ether oxygens (including phenoxy) is 1. The molecule has 0 bridgehead atoms. The molecule has 0 aromatic heterocycles. The molecular weight excluding hydrogens is 346 g/mol. The van der Waals surface area contributed by atoms with E-state index in [0.717, 1.165) is 17.5 Å². The monoisotopic (exact) mass is 373 g/mol. The Labute approximate surface area is 156 Å². The van der Waals surface area contributed by atoms with Crippen molar-refractivity contribution in [2.24, 2.45) is 5.92 Å². The predicted octanol–water partition coefficient (Wildman–Crippen LogP) is 4.00. The zero-order chi connectivity index (χ0) is 18.7. The molecule has 1 aliphatic heterocycles. The zero-order valence-electron chi connectivity index (χ0n) is 15.6. The maximum Gasteiger partial charge on any atom is 0.245 e. The standard InChI is InChI=1S/C21H27NO3S/c1-4-17(3)20-15-25-21(14-18-8-6-5-7-9-18)22(20)26(23,24)19-12-10-16(2)11-13-19/h5-13,17,20-21H,4,14-15H2,1-3H3/t17?,20-,21+/m1/s1. The Hall–Kier alpha value is -1.69.